The van der Waals surface area contributed by atoms with Crippen LogP contribution >= 0.6 is 0 Å². The van der Waals surface area contributed by atoms with Gasteiger partial charge in [-0.1, -0.05) is 12.2 Å². The molecule has 3 fully saturated rings. The minimum absolute atomic E-state index is 0.0583. The smallest absolute Gasteiger partial charge is 0.434 e. The van der Waals surface area contributed by atoms with Crippen LogP contribution < -0.4 is 9.80 Å². The molecule has 46 heavy (non-hydrogen) atoms. The third-order valence-electron chi connectivity index (χ3n) is 9.71. The largest absolute Gasteiger partial charge is 0.444 e. The lowest BCUT2D eigenvalue weighted by Crippen LogP contribution is -2.69. The number of amides is 1. The number of halogens is 3. The molecule has 3 saturated heterocycles. The Morgan fingerprint density at radius 3 is 2.41 bits per heavy atom. The summed E-state index contributed by atoms with van der Waals surface area (Å²) in [5, 5.41) is 4.53. The van der Waals surface area contributed by atoms with Crippen molar-refractivity contribution in [2.45, 2.75) is 83.3 Å². The first-order valence-corrected chi connectivity index (χ1v) is 16.4. The van der Waals surface area contributed by atoms with Crippen LogP contribution in [0, 0.1) is 6.92 Å². The number of alkyl halides is 3. The van der Waals surface area contributed by atoms with E-state index in [2.05, 4.69) is 26.8 Å². The SMILES string of the molecule is COCCn1ncc(C)c1C1CCN(c2cc3c(c(C(F)(F)F)n2)C=CC[C@H]2[C@H](N4CCN(C(=O)OC(C)(C)C)CC4)CN32)CC1. The lowest BCUT2D eigenvalue weighted by molar-refractivity contribution is -0.141. The summed E-state index contributed by atoms with van der Waals surface area (Å²) in [6, 6.07) is 2.13. The molecule has 0 N–H and O–H groups in total. The number of anilines is 2. The van der Waals surface area contributed by atoms with E-state index in [1.165, 1.54) is 5.69 Å². The Morgan fingerprint density at radius 2 is 1.76 bits per heavy atom. The summed E-state index contributed by atoms with van der Waals surface area (Å²) in [6.07, 6.45) is 2.75. The molecule has 13 heteroatoms. The third-order valence-corrected chi connectivity index (χ3v) is 9.71. The van der Waals surface area contributed by atoms with E-state index >= 15 is 0 Å². The molecule has 0 bridgehead atoms. The Labute approximate surface area is 269 Å². The average Bonchev–Trinajstić information content (AvgIpc) is 3.29. The topological polar surface area (TPSA) is 79.2 Å². The van der Waals surface area contributed by atoms with Crippen LogP contribution in [0.4, 0.5) is 29.5 Å². The summed E-state index contributed by atoms with van der Waals surface area (Å²) in [4.78, 5) is 25.1. The van der Waals surface area contributed by atoms with Crippen LogP contribution in [0.3, 0.4) is 0 Å². The molecular weight excluding hydrogens is 599 g/mol. The highest BCUT2D eigenvalue weighted by atomic mass is 19.4. The van der Waals surface area contributed by atoms with Gasteiger partial charge >= 0.3 is 12.3 Å². The lowest BCUT2D eigenvalue weighted by Gasteiger charge is -2.55. The quantitative estimate of drug-likeness (QED) is 0.427. The van der Waals surface area contributed by atoms with Crippen molar-refractivity contribution in [3.05, 3.63) is 40.9 Å². The number of fused-ring (bicyclic) bond motifs is 3. The van der Waals surface area contributed by atoms with E-state index in [0.717, 1.165) is 18.4 Å². The van der Waals surface area contributed by atoms with Gasteiger partial charge in [0.05, 0.1) is 25.0 Å². The number of aromatic nitrogens is 3. The number of nitrogens with zero attached hydrogens (tertiary/aromatic N) is 7. The van der Waals surface area contributed by atoms with Crippen molar-refractivity contribution < 1.29 is 27.4 Å². The molecule has 4 aliphatic rings. The molecule has 2 aromatic rings. The van der Waals surface area contributed by atoms with Gasteiger partial charge in [0.2, 0.25) is 0 Å². The van der Waals surface area contributed by atoms with Gasteiger partial charge in [-0.15, -0.1) is 0 Å². The van der Waals surface area contributed by atoms with Gasteiger partial charge in [-0.3, -0.25) is 9.58 Å². The highest BCUT2D eigenvalue weighted by Crippen LogP contribution is 2.44. The zero-order chi connectivity index (χ0) is 32.8. The number of aryl methyl sites for hydroxylation is 1. The first-order valence-electron chi connectivity index (χ1n) is 16.4. The van der Waals surface area contributed by atoms with E-state index in [1.807, 2.05) is 48.7 Å². The Hall–Kier alpha value is -3.32. The van der Waals surface area contributed by atoms with Gasteiger partial charge in [-0.2, -0.15) is 18.3 Å². The van der Waals surface area contributed by atoms with Gasteiger partial charge < -0.3 is 24.2 Å². The zero-order valence-electron chi connectivity index (χ0n) is 27.5. The molecule has 1 amide bonds. The molecule has 0 unspecified atom stereocenters. The molecule has 2 aromatic heterocycles. The highest BCUT2D eigenvalue weighted by Gasteiger charge is 2.47. The molecule has 4 aliphatic heterocycles. The number of pyridine rings is 1. The molecule has 0 aromatic carbocycles. The summed E-state index contributed by atoms with van der Waals surface area (Å²) in [5.74, 6) is 0.662. The first kappa shape index (κ1) is 32.6. The second-order valence-corrected chi connectivity index (χ2v) is 13.9. The molecule has 6 rings (SSSR count). The Balaban J connectivity index is 1.17. The van der Waals surface area contributed by atoms with Crippen LogP contribution in [0.2, 0.25) is 0 Å². The van der Waals surface area contributed by atoms with Gasteiger partial charge in [-0.25, -0.2) is 9.78 Å². The summed E-state index contributed by atoms with van der Waals surface area (Å²) in [6.45, 7) is 13.3. The maximum atomic E-state index is 14.5. The third kappa shape index (κ3) is 6.58. The molecule has 10 nitrogen and oxygen atoms in total. The molecule has 0 saturated carbocycles. The van der Waals surface area contributed by atoms with Gasteiger partial charge in [0.15, 0.2) is 5.69 Å². The van der Waals surface area contributed by atoms with E-state index in [4.69, 9.17) is 9.47 Å². The summed E-state index contributed by atoms with van der Waals surface area (Å²) < 4.78 is 56.3. The molecule has 0 radical (unpaired) electrons. The first-order chi connectivity index (χ1) is 21.8. The lowest BCUT2D eigenvalue weighted by atomic mass is 9.90. The summed E-state index contributed by atoms with van der Waals surface area (Å²) in [7, 11) is 1.67. The van der Waals surface area contributed by atoms with Crippen LogP contribution in [-0.2, 0) is 22.2 Å². The summed E-state index contributed by atoms with van der Waals surface area (Å²) >= 11 is 0. The van der Waals surface area contributed by atoms with Gasteiger partial charge in [-0.05, 0) is 52.5 Å². The second-order valence-electron chi connectivity index (χ2n) is 13.9. The van der Waals surface area contributed by atoms with Crippen molar-refractivity contribution >= 4 is 23.7 Å². The number of hydrogen-bond acceptors (Lipinski definition) is 8. The molecule has 6 heterocycles. The van der Waals surface area contributed by atoms with Crippen molar-refractivity contribution in [1.82, 2.24) is 24.6 Å². The Morgan fingerprint density at radius 1 is 1.04 bits per heavy atom. The van der Waals surface area contributed by atoms with Crippen molar-refractivity contribution in [3.63, 3.8) is 0 Å². The number of ether oxygens (including phenoxy) is 2. The normalized spacial score (nSPS) is 22.7. The number of piperidine rings is 1. The summed E-state index contributed by atoms with van der Waals surface area (Å²) in [5.41, 5.74) is 1.72. The number of piperazine rings is 1. The van der Waals surface area contributed by atoms with Crippen molar-refractivity contribution in [3.8, 4) is 0 Å². The standard InChI is InChI=1S/C33H46F3N7O3/c1-22-20-37-43(17-18-45-5)29(22)23-9-11-40(12-10-23)28-19-26-24(30(38-28)33(34,35)36)7-6-8-25-27(21-42(25)26)39-13-15-41(16-14-39)31(44)46-32(2,3)4/h6-7,19-20,23,25,27H,8-18,21H2,1-5H3/t25-,27+/m0/s1. The van der Waals surface area contributed by atoms with E-state index in [-0.39, 0.29) is 29.7 Å². The van der Waals surface area contributed by atoms with Crippen molar-refractivity contribution in [2.75, 3.05) is 69.3 Å². The fraction of sp³-hybridized carbons (Fsp3) is 0.667. The van der Waals surface area contributed by atoms with Crippen LogP contribution in [0.1, 0.15) is 68.5 Å². The van der Waals surface area contributed by atoms with E-state index in [0.29, 0.717) is 76.9 Å². The molecule has 0 spiro atoms. The minimum Gasteiger partial charge on any atom is -0.444 e. The number of carbonyl (C=O) groups excluding carboxylic acids is 1. The molecule has 0 aliphatic carbocycles. The maximum Gasteiger partial charge on any atom is 0.434 e. The van der Waals surface area contributed by atoms with Gasteiger partial charge in [0.25, 0.3) is 0 Å². The Bertz CT molecular complexity index is 1440. The van der Waals surface area contributed by atoms with E-state index in [9.17, 15) is 18.0 Å². The highest BCUT2D eigenvalue weighted by molar-refractivity contribution is 5.76. The number of carbonyl (C=O) groups is 1. The monoisotopic (exact) mass is 645 g/mol. The predicted octanol–water partition coefficient (Wildman–Crippen LogP) is 5.16. The molecule has 2 atom stereocenters. The maximum absolute atomic E-state index is 14.5. The minimum atomic E-state index is -4.57. The Kier molecular flexibility index (Phi) is 9.01. The predicted molar refractivity (Wildman–Crippen MR) is 170 cm³/mol. The van der Waals surface area contributed by atoms with Gasteiger partial charge in [0.1, 0.15) is 11.4 Å². The van der Waals surface area contributed by atoms with E-state index < -0.39 is 17.5 Å². The van der Waals surface area contributed by atoms with Crippen LogP contribution in [0.5, 0.6) is 0 Å². The number of rotatable bonds is 6. The van der Waals surface area contributed by atoms with Crippen LogP contribution in [-0.4, -0.2) is 108 Å². The van der Waals surface area contributed by atoms with Crippen molar-refractivity contribution in [2.24, 2.45) is 0 Å². The average molecular weight is 646 g/mol. The fourth-order valence-corrected chi connectivity index (χ4v) is 7.40. The molecule has 252 valence electrons. The van der Waals surface area contributed by atoms with Crippen molar-refractivity contribution in [1.29, 1.82) is 0 Å². The van der Waals surface area contributed by atoms with Gasteiger partial charge in [0, 0.05) is 88.2 Å². The van der Waals surface area contributed by atoms with Crippen LogP contribution in [0.15, 0.2) is 18.3 Å². The second kappa shape index (κ2) is 12.7. The molecular formula is C33H46F3N7O3. The number of hydrogen-bond donors (Lipinski definition) is 0. The fourth-order valence-electron chi connectivity index (χ4n) is 7.40. The number of methoxy groups -OCH3 is 1. The van der Waals surface area contributed by atoms with E-state index in [1.54, 1.807) is 18.1 Å². The van der Waals surface area contributed by atoms with Crippen LogP contribution in [0.25, 0.3) is 6.08 Å². The zero-order valence-corrected chi connectivity index (χ0v) is 27.5.